The molecule has 0 spiro atoms. The zero-order chi connectivity index (χ0) is 12.7. The van der Waals surface area contributed by atoms with Crippen molar-refractivity contribution in [2.45, 2.75) is 12.1 Å². The molecular formula is C12H10N2O3S. The van der Waals surface area contributed by atoms with Gasteiger partial charge in [0, 0.05) is 5.75 Å². The Balaban J connectivity index is 1.97. The summed E-state index contributed by atoms with van der Waals surface area (Å²) in [6.07, 6.45) is 0. The van der Waals surface area contributed by atoms with Crippen LogP contribution in [0.2, 0.25) is 0 Å². The number of carbonyl (C=O) groups excluding carboxylic acids is 3. The first-order valence-electron chi connectivity index (χ1n) is 5.53. The van der Waals surface area contributed by atoms with Crippen molar-refractivity contribution in [3.8, 4) is 0 Å². The Bertz CT molecular complexity index is 531. The minimum Gasteiger partial charge on any atom is -0.339 e. The van der Waals surface area contributed by atoms with E-state index in [0.29, 0.717) is 11.3 Å². The number of thioether (sulfide) groups is 1. The van der Waals surface area contributed by atoms with E-state index in [1.165, 1.54) is 0 Å². The number of rotatable bonds is 1. The molecule has 2 fully saturated rings. The summed E-state index contributed by atoms with van der Waals surface area (Å²) < 4.78 is 0. The Hall–Kier alpha value is -1.82. The lowest BCUT2D eigenvalue weighted by atomic mass is 10.0. The number of fused-ring (bicyclic) bond motifs is 1. The molecule has 0 aliphatic carbocycles. The summed E-state index contributed by atoms with van der Waals surface area (Å²) in [4.78, 5) is 36.8. The van der Waals surface area contributed by atoms with Crippen LogP contribution in [-0.4, -0.2) is 33.7 Å². The summed E-state index contributed by atoms with van der Waals surface area (Å²) >= 11 is 1.01. The Morgan fingerprint density at radius 1 is 1.17 bits per heavy atom. The molecule has 2 aliphatic heterocycles. The SMILES string of the molecule is O=C1NC(c2ccccc2)C(=O)N2C(=O)SCC12. The average Bonchev–Trinajstić information content (AvgIpc) is 2.78. The molecule has 1 aromatic rings. The van der Waals surface area contributed by atoms with Gasteiger partial charge in [-0.05, 0) is 5.56 Å². The van der Waals surface area contributed by atoms with Crippen LogP contribution in [0.15, 0.2) is 30.3 Å². The molecule has 2 saturated heterocycles. The highest BCUT2D eigenvalue weighted by molar-refractivity contribution is 8.14. The highest BCUT2D eigenvalue weighted by atomic mass is 32.2. The predicted molar refractivity (Wildman–Crippen MR) is 65.8 cm³/mol. The molecule has 18 heavy (non-hydrogen) atoms. The molecule has 2 atom stereocenters. The van der Waals surface area contributed by atoms with Gasteiger partial charge in [-0.3, -0.25) is 19.3 Å². The average molecular weight is 262 g/mol. The van der Waals surface area contributed by atoms with Crippen molar-refractivity contribution < 1.29 is 14.4 Å². The van der Waals surface area contributed by atoms with Crippen LogP contribution in [0.3, 0.4) is 0 Å². The second kappa shape index (κ2) is 4.13. The molecule has 2 unspecified atom stereocenters. The van der Waals surface area contributed by atoms with E-state index in [-0.39, 0.29) is 17.1 Å². The molecule has 5 nitrogen and oxygen atoms in total. The molecule has 0 radical (unpaired) electrons. The Morgan fingerprint density at radius 3 is 2.61 bits per heavy atom. The van der Waals surface area contributed by atoms with Crippen LogP contribution in [0, 0.1) is 0 Å². The zero-order valence-corrected chi connectivity index (χ0v) is 10.1. The van der Waals surface area contributed by atoms with E-state index >= 15 is 0 Å². The van der Waals surface area contributed by atoms with E-state index in [0.717, 1.165) is 16.7 Å². The summed E-state index contributed by atoms with van der Waals surface area (Å²) in [7, 11) is 0. The standard InChI is InChI=1S/C12H10N2O3S/c15-10-8-6-18-12(17)14(8)11(16)9(13-10)7-4-2-1-3-5-7/h1-5,8-9H,6H2,(H,13,15). The van der Waals surface area contributed by atoms with Gasteiger partial charge in [0.15, 0.2) is 0 Å². The van der Waals surface area contributed by atoms with E-state index in [4.69, 9.17) is 0 Å². The molecule has 3 rings (SSSR count). The highest BCUT2D eigenvalue weighted by Gasteiger charge is 2.48. The van der Waals surface area contributed by atoms with Crippen molar-refractivity contribution in [2.75, 3.05) is 5.75 Å². The third kappa shape index (κ3) is 1.60. The van der Waals surface area contributed by atoms with Crippen LogP contribution in [0.25, 0.3) is 0 Å². The molecule has 92 valence electrons. The van der Waals surface area contributed by atoms with Gasteiger partial charge in [-0.2, -0.15) is 0 Å². The Kier molecular flexibility index (Phi) is 2.59. The van der Waals surface area contributed by atoms with Crippen LogP contribution in [0.4, 0.5) is 4.79 Å². The largest absolute Gasteiger partial charge is 0.339 e. The van der Waals surface area contributed by atoms with Gasteiger partial charge in [-0.1, -0.05) is 42.1 Å². The van der Waals surface area contributed by atoms with Crippen LogP contribution in [0.1, 0.15) is 11.6 Å². The van der Waals surface area contributed by atoms with Gasteiger partial charge in [0.2, 0.25) is 5.91 Å². The molecule has 6 heteroatoms. The van der Waals surface area contributed by atoms with Crippen LogP contribution >= 0.6 is 11.8 Å². The topological polar surface area (TPSA) is 66.5 Å². The summed E-state index contributed by atoms with van der Waals surface area (Å²) in [5.41, 5.74) is 0.694. The number of imide groups is 1. The maximum absolute atomic E-state index is 12.2. The number of hydrogen-bond acceptors (Lipinski definition) is 4. The second-order valence-electron chi connectivity index (χ2n) is 4.15. The maximum Gasteiger partial charge on any atom is 0.289 e. The molecule has 0 saturated carbocycles. The fraction of sp³-hybridized carbons (Fsp3) is 0.250. The smallest absolute Gasteiger partial charge is 0.289 e. The van der Waals surface area contributed by atoms with Crippen molar-refractivity contribution in [1.82, 2.24) is 10.2 Å². The lowest BCUT2D eigenvalue weighted by Crippen LogP contribution is -2.58. The second-order valence-corrected chi connectivity index (χ2v) is 5.12. The van der Waals surface area contributed by atoms with Crippen LogP contribution in [-0.2, 0) is 9.59 Å². The molecule has 0 aromatic heterocycles. The van der Waals surface area contributed by atoms with Gasteiger partial charge in [0.25, 0.3) is 11.1 Å². The lowest BCUT2D eigenvalue weighted by molar-refractivity contribution is -0.144. The molecule has 2 aliphatic rings. The normalized spacial score (nSPS) is 27.1. The lowest BCUT2D eigenvalue weighted by Gasteiger charge is -2.32. The monoisotopic (exact) mass is 262 g/mol. The molecular weight excluding hydrogens is 252 g/mol. The number of nitrogens with zero attached hydrogens (tertiary/aromatic N) is 1. The molecule has 0 bridgehead atoms. The minimum atomic E-state index is -0.752. The first-order valence-corrected chi connectivity index (χ1v) is 6.52. The van der Waals surface area contributed by atoms with E-state index in [9.17, 15) is 14.4 Å². The number of hydrogen-bond donors (Lipinski definition) is 1. The fourth-order valence-electron chi connectivity index (χ4n) is 2.17. The van der Waals surface area contributed by atoms with Gasteiger partial charge in [-0.15, -0.1) is 0 Å². The summed E-state index contributed by atoms with van der Waals surface area (Å²) in [6.45, 7) is 0. The number of amides is 3. The van der Waals surface area contributed by atoms with Gasteiger partial charge < -0.3 is 5.32 Å². The van der Waals surface area contributed by atoms with E-state index in [2.05, 4.69) is 5.32 Å². The predicted octanol–water partition coefficient (Wildman–Crippen LogP) is 0.921. The minimum absolute atomic E-state index is 0.262. The molecule has 3 amide bonds. The van der Waals surface area contributed by atoms with Crippen molar-refractivity contribution in [3.05, 3.63) is 35.9 Å². The number of benzene rings is 1. The number of carbonyl (C=O) groups is 3. The molecule has 1 aromatic carbocycles. The molecule has 1 N–H and O–H groups in total. The first-order chi connectivity index (χ1) is 8.68. The van der Waals surface area contributed by atoms with E-state index < -0.39 is 12.1 Å². The zero-order valence-electron chi connectivity index (χ0n) is 9.33. The van der Waals surface area contributed by atoms with Crippen molar-refractivity contribution >= 4 is 28.8 Å². The van der Waals surface area contributed by atoms with Crippen LogP contribution < -0.4 is 5.32 Å². The number of piperazine rings is 1. The van der Waals surface area contributed by atoms with E-state index in [1.54, 1.807) is 24.3 Å². The fourth-order valence-corrected chi connectivity index (χ4v) is 3.13. The Morgan fingerprint density at radius 2 is 1.89 bits per heavy atom. The van der Waals surface area contributed by atoms with E-state index in [1.807, 2.05) is 6.07 Å². The van der Waals surface area contributed by atoms with Crippen molar-refractivity contribution in [1.29, 1.82) is 0 Å². The summed E-state index contributed by atoms with van der Waals surface area (Å²) in [5, 5.41) is 2.35. The summed E-state index contributed by atoms with van der Waals surface area (Å²) in [5.74, 6) is -0.264. The van der Waals surface area contributed by atoms with Gasteiger partial charge in [0.1, 0.15) is 12.1 Å². The van der Waals surface area contributed by atoms with Gasteiger partial charge >= 0.3 is 0 Å². The quantitative estimate of drug-likeness (QED) is 0.817. The van der Waals surface area contributed by atoms with Crippen molar-refractivity contribution in [3.63, 3.8) is 0 Å². The highest BCUT2D eigenvalue weighted by Crippen LogP contribution is 2.31. The maximum atomic E-state index is 12.2. The van der Waals surface area contributed by atoms with Gasteiger partial charge in [0.05, 0.1) is 0 Å². The van der Waals surface area contributed by atoms with Crippen LogP contribution in [0.5, 0.6) is 0 Å². The third-order valence-electron chi connectivity index (χ3n) is 3.08. The Labute approximate surface area is 108 Å². The first kappa shape index (κ1) is 11.3. The number of nitrogens with one attached hydrogen (secondary N) is 1. The van der Waals surface area contributed by atoms with Gasteiger partial charge in [-0.25, -0.2) is 0 Å². The summed E-state index contributed by atoms with van der Waals surface area (Å²) in [6, 6.07) is 7.54. The van der Waals surface area contributed by atoms with Crippen molar-refractivity contribution in [2.24, 2.45) is 0 Å². The third-order valence-corrected chi connectivity index (χ3v) is 4.01. The molecule has 2 heterocycles.